The molecule has 8 heteroatoms. The number of carbonyl (C=O) groups is 2. The molecule has 0 radical (unpaired) electrons. The fourth-order valence-electron chi connectivity index (χ4n) is 1.76. The third-order valence-electron chi connectivity index (χ3n) is 3.08. The third-order valence-corrected chi connectivity index (χ3v) is 4.15. The molecule has 0 saturated carbocycles. The number of rotatable bonds is 3. The molecule has 5 nitrogen and oxygen atoms in total. The van der Waals surface area contributed by atoms with Gasteiger partial charge in [-0.15, -0.1) is 0 Å². The first-order valence-electron chi connectivity index (χ1n) is 6.73. The standard InChI is InChI=1S/C16H12Cl3N3O2/c1-9-11(17)4-3-7-14(9)21-15(23)16(24)22-20-8-10-12(18)5-2-6-13(10)19/h2-8H,1H3,(H,21,23)(H,22,24). The highest BCUT2D eigenvalue weighted by Crippen LogP contribution is 2.23. The van der Waals surface area contributed by atoms with Gasteiger partial charge < -0.3 is 5.32 Å². The first-order valence-corrected chi connectivity index (χ1v) is 7.87. The molecule has 0 heterocycles. The lowest BCUT2D eigenvalue weighted by atomic mass is 10.2. The van der Waals surface area contributed by atoms with E-state index in [2.05, 4.69) is 15.8 Å². The second-order valence-corrected chi connectivity index (χ2v) is 5.92. The van der Waals surface area contributed by atoms with E-state index in [-0.39, 0.29) is 0 Å². The maximum atomic E-state index is 11.9. The average molecular weight is 385 g/mol. The highest BCUT2D eigenvalue weighted by molar-refractivity contribution is 6.40. The first kappa shape index (κ1) is 18.3. The number of hydrogen-bond acceptors (Lipinski definition) is 3. The summed E-state index contributed by atoms with van der Waals surface area (Å²) < 4.78 is 0. The van der Waals surface area contributed by atoms with Gasteiger partial charge in [-0.05, 0) is 36.8 Å². The molecule has 2 aromatic rings. The smallest absolute Gasteiger partial charge is 0.317 e. The SMILES string of the molecule is Cc1c(Cl)cccc1NC(=O)C(=O)NN=Cc1c(Cl)cccc1Cl. The van der Waals surface area contributed by atoms with Crippen molar-refractivity contribution >= 4 is 58.5 Å². The number of anilines is 1. The van der Waals surface area contributed by atoms with Crippen LogP contribution in [-0.2, 0) is 9.59 Å². The molecular formula is C16H12Cl3N3O2. The number of nitrogens with one attached hydrogen (secondary N) is 2. The molecule has 2 rings (SSSR count). The normalized spacial score (nSPS) is 10.7. The topological polar surface area (TPSA) is 70.6 Å². The minimum Gasteiger partial charge on any atom is -0.317 e. The van der Waals surface area contributed by atoms with E-state index in [0.717, 1.165) is 0 Å². The van der Waals surface area contributed by atoms with Crippen molar-refractivity contribution in [1.82, 2.24) is 5.43 Å². The fourth-order valence-corrected chi connectivity index (χ4v) is 2.43. The lowest BCUT2D eigenvalue weighted by Crippen LogP contribution is -2.32. The number of amides is 2. The monoisotopic (exact) mass is 383 g/mol. The first-order chi connectivity index (χ1) is 11.4. The summed E-state index contributed by atoms with van der Waals surface area (Å²) in [6.45, 7) is 1.73. The molecular weight excluding hydrogens is 373 g/mol. The van der Waals surface area contributed by atoms with Gasteiger partial charge in [0.2, 0.25) is 0 Å². The summed E-state index contributed by atoms with van der Waals surface area (Å²) >= 11 is 17.9. The molecule has 0 aliphatic carbocycles. The summed E-state index contributed by atoms with van der Waals surface area (Å²) in [5.74, 6) is -1.81. The number of hydrogen-bond donors (Lipinski definition) is 2. The highest BCUT2D eigenvalue weighted by Gasteiger charge is 2.14. The van der Waals surface area contributed by atoms with Crippen molar-refractivity contribution in [3.05, 3.63) is 62.6 Å². The van der Waals surface area contributed by atoms with Crippen molar-refractivity contribution in [1.29, 1.82) is 0 Å². The number of halogens is 3. The van der Waals surface area contributed by atoms with Crippen LogP contribution in [0, 0.1) is 6.92 Å². The van der Waals surface area contributed by atoms with Gasteiger partial charge >= 0.3 is 11.8 Å². The summed E-state index contributed by atoms with van der Waals surface area (Å²) in [5, 5.41) is 7.38. The molecule has 2 N–H and O–H groups in total. The zero-order chi connectivity index (χ0) is 17.7. The van der Waals surface area contributed by atoms with E-state index in [9.17, 15) is 9.59 Å². The lowest BCUT2D eigenvalue weighted by molar-refractivity contribution is -0.136. The van der Waals surface area contributed by atoms with E-state index in [1.165, 1.54) is 6.21 Å². The minimum absolute atomic E-state index is 0.375. The van der Waals surface area contributed by atoms with E-state index >= 15 is 0 Å². The maximum Gasteiger partial charge on any atom is 0.329 e. The minimum atomic E-state index is -0.936. The van der Waals surface area contributed by atoms with Gasteiger partial charge in [0.25, 0.3) is 0 Å². The predicted molar refractivity (Wildman–Crippen MR) is 97.0 cm³/mol. The lowest BCUT2D eigenvalue weighted by Gasteiger charge is -2.08. The maximum absolute atomic E-state index is 11.9. The van der Waals surface area contributed by atoms with Gasteiger partial charge in [-0.2, -0.15) is 5.10 Å². The molecule has 2 aromatic carbocycles. The van der Waals surface area contributed by atoms with Crippen molar-refractivity contribution in [2.24, 2.45) is 5.10 Å². The van der Waals surface area contributed by atoms with Crippen LogP contribution in [0.5, 0.6) is 0 Å². The summed E-state index contributed by atoms with van der Waals surface area (Å²) in [6.07, 6.45) is 1.26. The van der Waals surface area contributed by atoms with Crippen LogP contribution >= 0.6 is 34.8 Å². The Labute approximate surface area is 153 Å². The second-order valence-electron chi connectivity index (χ2n) is 4.70. The van der Waals surface area contributed by atoms with Crippen LogP contribution in [0.25, 0.3) is 0 Å². The quantitative estimate of drug-likeness (QED) is 0.476. The van der Waals surface area contributed by atoms with E-state index < -0.39 is 11.8 Å². The van der Waals surface area contributed by atoms with Gasteiger partial charge in [-0.1, -0.05) is 46.9 Å². The van der Waals surface area contributed by atoms with E-state index in [4.69, 9.17) is 34.8 Å². The Morgan fingerprint density at radius 1 is 0.958 bits per heavy atom. The summed E-state index contributed by atoms with van der Waals surface area (Å²) in [5.41, 5.74) is 3.65. The van der Waals surface area contributed by atoms with Crippen LogP contribution in [0.3, 0.4) is 0 Å². The molecule has 0 fully saturated rings. The van der Waals surface area contributed by atoms with Gasteiger partial charge in [0, 0.05) is 16.3 Å². The van der Waals surface area contributed by atoms with Crippen molar-refractivity contribution in [3.8, 4) is 0 Å². The molecule has 124 valence electrons. The number of hydrazone groups is 1. The van der Waals surface area contributed by atoms with Gasteiger partial charge in [-0.25, -0.2) is 5.43 Å². The van der Waals surface area contributed by atoms with Crippen LogP contribution in [-0.4, -0.2) is 18.0 Å². The van der Waals surface area contributed by atoms with Crippen LogP contribution in [0.15, 0.2) is 41.5 Å². The Bertz CT molecular complexity index is 802. The Morgan fingerprint density at radius 3 is 2.21 bits per heavy atom. The van der Waals surface area contributed by atoms with Crippen LogP contribution in [0.2, 0.25) is 15.1 Å². The van der Waals surface area contributed by atoms with Gasteiger partial charge in [0.1, 0.15) is 0 Å². The van der Waals surface area contributed by atoms with Crippen molar-refractivity contribution in [2.45, 2.75) is 6.92 Å². The van der Waals surface area contributed by atoms with Gasteiger partial charge in [0.05, 0.1) is 16.3 Å². The Balaban J connectivity index is 2.01. The fraction of sp³-hybridized carbons (Fsp3) is 0.0625. The molecule has 0 unspecified atom stereocenters. The predicted octanol–water partition coefficient (Wildman–Crippen LogP) is 4.04. The number of nitrogens with zero attached hydrogens (tertiary/aromatic N) is 1. The largest absolute Gasteiger partial charge is 0.329 e. The van der Waals surface area contributed by atoms with Gasteiger partial charge in [0.15, 0.2) is 0 Å². The Morgan fingerprint density at radius 2 is 1.54 bits per heavy atom. The van der Waals surface area contributed by atoms with Crippen LogP contribution in [0.1, 0.15) is 11.1 Å². The molecule has 0 saturated heterocycles. The summed E-state index contributed by atoms with van der Waals surface area (Å²) in [4.78, 5) is 23.6. The summed E-state index contributed by atoms with van der Waals surface area (Å²) in [7, 11) is 0. The molecule has 0 atom stereocenters. The van der Waals surface area contributed by atoms with E-state index in [1.54, 1.807) is 43.3 Å². The second kappa shape index (κ2) is 8.15. The summed E-state index contributed by atoms with van der Waals surface area (Å²) in [6, 6.07) is 9.93. The average Bonchev–Trinajstić information content (AvgIpc) is 2.54. The van der Waals surface area contributed by atoms with Crippen LogP contribution in [0.4, 0.5) is 5.69 Å². The van der Waals surface area contributed by atoms with Crippen LogP contribution < -0.4 is 10.7 Å². The van der Waals surface area contributed by atoms with Crippen molar-refractivity contribution < 1.29 is 9.59 Å². The molecule has 0 aliphatic heterocycles. The van der Waals surface area contributed by atoms with Gasteiger partial charge in [-0.3, -0.25) is 9.59 Å². The zero-order valence-electron chi connectivity index (χ0n) is 12.4. The van der Waals surface area contributed by atoms with E-state index in [1.807, 2.05) is 0 Å². The number of benzene rings is 2. The zero-order valence-corrected chi connectivity index (χ0v) is 14.7. The Kier molecular flexibility index (Phi) is 6.20. The molecule has 0 aliphatic rings. The third kappa shape index (κ3) is 4.47. The van der Waals surface area contributed by atoms with Crippen molar-refractivity contribution in [2.75, 3.05) is 5.32 Å². The molecule has 0 spiro atoms. The van der Waals surface area contributed by atoms with Crippen molar-refractivity contribution in [3.63, 3.8) is 0 Å². The molecule has 0 bridgehead atoms. The molecule has 2 amide bonds. The molecule has 0 aromatic heterocycles. The molecule has 24 heavy (non-hydrogen) atoms. The Hall–Kier alpha value is -2.08. The van der Waals surface area contributed by atoms with E-state index in [0.29, 0.717) is 31.9 Å². The highest BCUT2D eigenvalue weighted by atomic mass is 35.5. The number of carbonyl (C=O) groups excluding carboxylic acids is 2.